The van der Waals surface area contributed by atoms with E-state index in [0.29, 0.717) is 18.4 Å². The number of hydrogen-bond donors (Lipinski definition) is 5. The van der Waals surface area contributed by atoms with Crippen LogP contribution in [0.4, 0.5) is 0 Å². The van der Waals surface area contributed by atoms with Gasteiger partial charge in [-0.1, -0.05) is 13.8 Å². The predicted molar refractivity (Wildman–Crippen MR) is 142 cm³/mol. The van der Waals surface area contributed by atoms with Crippen molar-refractivity contribution in [3.63, 3.8) is 0 Å². The molecule has 2 heterocycles. The zero-order valence-corrected chi connectivity index (χ0v) is 23.9. The van der Waals surface area contributed by atoms with E-state index in [4.69, 9.17) is 14.3 Å². The molecule has 40 heavy (non-hydrogen) atoms. The van der Waals surface area contributed by atoms with Crippen molar-refractivity contribution >= 4 is 5.97 Å². The van der Waals surface area contributed by atoms with Gasteiger partial charge in [-0.05, 0) is 92.4 Å². The number of carbonyl (C=O) groups is 1. The van der Waals surface area contributed by atoms with Crippen LogP contribution < -0.4 is 0 Å². The molecule has 13 atom stereocenters. The topological polar surface area (TPSA) is 149 Å². The standard InChI is InChI=1S/C30H47NO9/c1-28-9-6-18(31(38-3)27-26(36)25(35)24(34)22(14-32)40-27)13-17(28)4-5-21-20(28)7-10-29(2)19(8-11-30(21,29)37)16-12-23(33)39-15-16/h12,17-22,24-27,32,34-37H,4-11,13-15H2,1-3H3/t17?,18-,19-,20?,21?,22-,24-,25+,26+,27?,28+,29-,30+/m1/s1. The maximum absolute atomic E-state index is 12.4. The van der Waals surface area contributed by atoms with Crippen molar-refractivity contribution in [2.24, 2.45) is 34.5 Å². The fraction of sp³-hybridized carbons (Fsp3) is 0.900. The first-order chi connectivity index (χ1) is 19.0. The average Bonchev–Trinajstić information content (AvgIpc) is 3.48. The van der Waals surface area contributed by atoms with Crippen molar-refractivity contribution < 1.29 is 44.6 Å². The summed E-state index contributed by atoms with van der Waals surface area (Å²) in [7, 11) is 1.53. The number of esters is 1. The molecule has 2 aliphatic heterocycles. The number of aliphatic hydroxyl groups excluding tert-OH is 4. The summed E-state index contributed by atoms with van der Waals surface area (Å²) in [6.45, 7) is 4.53. The van der Waals surface area contributed by atoms with Crippen LogP contribution in [0.15, 0.2) is 11.6 Å². The average molecular weight is 566 g/mol. The number of fused-ring (bicyclic) bond motifs is 5. The normalized spacial score (nSPS) is 52.5. The highest BCUT2D eigenvalue weighted by Crippen LogP contribution is 2.70. The Hall–Kier alpha value is -1.11. The van der Waals surface area contributed by atoms with Gasteiger partial charge in [0, 0.05) is 17.5 Å². The summed E-state index contributed by atoms with van der Waals surface area (Å²) in [4.78, 5) is 17.6. The first kappa shape index (κ1) is 29.0. The van der Waals surface area contributed by atoms with Crippen LogP contribution in [-0.2, 0) is 19.1 Å². The lowest BCUT2D eigenvalue weighted by Crippen LogP contribution is -2.66. The molecule has 4 saturated carbocycles. The predicted octanol–water partition coefficient (Wildman–Crippen LogP) is 1.28. The molecule has 10 nitrogen and oxygen atoms in total. The van der Waals surface area contributed by atoms with Crippen LogP contribution in [0.5, 0.6) is 0 Å². The van der Waals surface area contributed by atoms with Gasteiger partial charge in [-0.2, -0.15) is 5.06 Å². The number of carbonyl (C=O) groups excluding carboxylic acids is 1. The van der Waals surface area contributed by atoms with Crippen LogP contribution in [0.2, 0.25) is 0 Å². The Kier molecular flexibility index (Phi) is 7.43. The lowest BCUT2D eigenvalue weighted by atomic mass is 9.43. The number of rotatable bonds is 5. The largest absolute Gasteiger partial charge is 0.458 e. The van der Waals surface area contributed by atoms with Crippen LogP contribution >= 0.6 is 0 Å². The smallest absolute Gasteiger partial charge is 0.331 e. The quantitative estimate of drug-likeness (QED) is 0.244. The summed E-state index contributed by atoms with van der Waals surface area (Å²) in [5.41, 5.74) is 0.0988. The van der Waals surface area contributed by atoms with Gasteiger partial charge in [0.15, 0.2) is 6.23 Å². The molecule has 0 amide bonds. The molecule has 0 aromatic heterocycles. The van der Waals surface area contributed by atoms with Crippen molar-refractivity contribution in [1.29, 1.82) is 0 Å². The zero-order chi connectivity index (χ0) is 28.6. The second-order valence-electron chi connectivity index (χ2n) is 14.0. The Balaban J connectivity index is 1.19. The number of ether oxygens (including phenoxy) is 2. The van der Waals surface area contributed by atoms with E-state index in [-0.39, 0.29) is 34.7 Å². The van der Waals surface area contributed by atoms with Crippen LogP contribution in [-0.4, -0.2) is 99.2 Å². The van der Waals surface area contributed by atoms with Gasteiger partial charge in [0.2, 0.25) is 0 Å². The third-order valence-electron chi connectivity index (χ3n) is 12.6. The molecule has 5 fully saturated rings. The summed E-state index contributed by atoms with van der Waals surface area (Å²) < 4.78 is 11.1. The maximum atomic E-state index is 12.4. The Morgan fingerprint density at radius 1 is 1.00 bits per heavy atom. The molecular weight excluding hydrogens is 518 g/mol. The maximum Gasteiger partial charge on any atom is 0.331 e. The van der Waals surface area contributed by atoms with Crippen molar-refractivity contribution in [3.8, 4) is 0 Å². The second kappa shape index (κ2) is 10.3. The Bertz CT molecular complexity index is 1020. The van der Waals surface area contributed by atoms with Crippen molar-refractivity contribution in [2.75, 3.05) is 20.3 Å². The molecule has 4 aliphatic carbocycles. The van der Waals surface area contributed by atoms with Gasteiger partial charge >= 0.3 is 5.97 Å². The molecule has 6 aliphatic rings. The highest BCUT2D eigenvalue weighted by Gasteiger charge is 2.68. The Labute approximate surface area is 236 Å². The van der Waals surface area contributed by atoms with E-state index in [2.05, 4.69) is 13.8 Å². The summed E-state index contributed by atoms with van der Waals surface area (Å²) in [6, 6.07) is -0.0549. The van der Waals surface area contributed by atoms with Gasteiger partial charge in [-0.25, -0.2) is 4.79 Å². The first-order valence-corrected chi connectivity index (χ1v) is 15.2. The summed E-state index contributed by atoms with van der Waals surface area (Å²) in [6.07, 6.45) is 3.63. The fourth-order valence-corrected chi connectivity index (χ4v) is 10.4. The van der Waals surface area contributed by atoms with Crippen molar-refractivity contribution in [1.82, 2.24) is 5.06 Å². The molecule has 5 N–H and O–H groups in total. The minimum atomic E-state index is -1.45. The van der Waals surface area contributed by atoms with Gasteiger partial charge in [0.05, 0.1) is 19.3 Å². The third kappa shape index (κ3) is 4.08. The molecule has 0 aromatic carbocycles. The van der Waals surface area contributed by atoms with Crippen molar-refractivity contribution in [3.05, 3.63) is 11.6 Å². The number of aliphatic hydroxyl groups is 5. The Morgan fingerprint density at radius 3 is 2.45 bits per heavy atom. The second-order valence-corrected chi connectivity index (χ2v) is 14.0. The van der Waals surface area contributed by atoms with Gasteiger partial charge in [-0.15, -0.1) is 0 Å². The lowest BCUT2D eigenvalue weighted by Gasteiger charge is -2.64. The summed E-state index contributed by atoms with van der Waals surface area (Å²) in [5.74, 6) is 0.949. The molecule has 0 radical (unpaired) electrons. The number of nitrogens with zero attached hydrogens (tertiary/aromatic N) is 1. The van der Waals surface area contributed by atoms with Gasteiger partial charge < -0.3 is 35.0 Å². The van der Waals surface area contributed by atoms with Gasteiger partial charge in [0.1, 0.15) is 31.0 Å². The van der Waals surface area contributed by atoms with E-state index in [9.17, 15) is 30.3 Å². The molecule has 10 heteroatoms. The van der Waals surface area contributed by atoms with E-state index >= 15 is 0 Å². The monoisotopic (exact) mass is 565 g/mol. The highest BCUT2D eigenvalue weighted by atomic mass is 16.7. The molecule has 4 unspecified atom stereocenters. The van der Waals surface area contributed by atoms with E-state index < -0.39 is 42.9 Å². The zero-order valence-electron chi connectivity index (χ0n) is 23.9. The van der Waals surface area contributed by atoms with E-state index in [1.807, 2.05) is 0 Å². The minimum absolute atomic E-state index is 0.0549. The fourth-order valence-electron chi connectivity index (χ4n) is 10.4. The molecule has 0 aromatic rings. The summed E-state index contributed by atoms with van der Waals surface area (Å²) in [5, 5.41) is 55.1. The summed E-state index contributed by atoms with van der Waals surface area (Å²) >= 11 is 0. The van der Waals surface area contributed by atoms with Gasteiger partial charge in [-0.3, -0.25) is 4.84 Å². The van der Waals surface area contributed by atoms with Gasteiger partial charge in [0.25, 0.3) is 0 Å². The van der Waals surface area contributed by atoms with E-state index in [1.165, 1.54) is 7.11 Å². The molecular formula is C30H47NO9. The Morgan fingerprint density at radius 2 is 1.77 bits per heavy atom. The SMILES string of the molecule is CON(C1O[C@H](CO)[C@@H](O)[C@H](O)[C@@H]1O)[C@@H]1CC[C@@]2(C)C(CCC3C2CC[C@]2(C)[C@@H](C4=CC(=O)OC4)CC[C@]32O)C1. The van der Waals surface area contributed by atoms with E-state index in [0.717, 1.165) is 63.4 Å². The van der Waals surface area contributed by atoms with Crippen LogP contribution in [0.3, 0.4) is 0 Å². The van der Waals surface area contributed by atoms with Crippen molar-refractivity contribution in [2.45, 2.75) is 114 Å². The third-order valence-corrected chi connectivity index (χ3v) is 12.6. The number of hydroxylamine groups is 2. The minimum Gasteiger partial charge on any atom is -0.458 e. The first-order valence-electron chi connectivity index (χ1n) is 15.2. The van der Waals surface area contributed by atoms with Crippen LogP contribution in [0.1, 0.15) is 71.6 Å². The highest BCUT2D eigenvalue weighted by molar-refractivity contribution is 5.85. The molecule has 0 bridgehead atoms. The molecule has 226 valence electrons. The molecule has 0 spiro atoms. The van der Waals surface area contributed by atoms with E-state index in [1.54, 1.807) is 11.1 Å². The molecule has 1 saturated heterocycles. The lowest BCUT2D eigenvalue weighted by molar-refractivity contribution is -0.344. The van der Waals surface area contributed by atoms with Crippen LogP contribution in [0.25, 0.3) is 0 Å². The van der Waals surface area contributed by atoms with Crippen LogP contribution in [0, 0.1) is 34.5 Å². The number of cyclic esters (lactones) is 1. The number of hydrogen-bond acceptors (Lipinski definition) is 10. The molecule has 6 rings (SSSR count).